The summed E-state index contributed by atoms with van der Waals surface area (Å²) in [6, 6.07) is 15.0. The van der Waals surface area contributed by atoms with Gasteiger partial charge < -0.3 is 15.5 Å². The average molecular weight is 488 g/mol. The van der Waals surface area contributed by atoms with E-state index in [1.807, 2.05) is 17.8 Å². The predicted molar refractivity (Wildman–Crippen MR) is 144 cm³/mol. The van der Waals surface area contributed by atoms with Crippen LogP contribution in [0.15, 0.2) is 48.7 Å². The number of piperidine rings is 1. The van der Waals surface area contributed by atoms with Crippen LogP contribution >= 0.6 is 0 Å². The summed E-state index contributed by atoms with van der Waals surface area (Å²) in [5.74, 6) is 2.19. The van der Waals surface area contributed by atoms with Gasteiger partial charge in [0.05, 0.1) is 5.69 Å². The molecule has 1 atom stereocenters. The summed E-state index contributed by atoms with van der Waals surface area (Å²) >= 11 is 0. The second-order valence-electron chi connectivity index (χ2n) is 11.0. The van der Waals surface area contributed by atoms with E-state index in [9.17, 15) is 4.39 Å². The molecule has 3 aromatic rings. The van der Waals surface area contributed by atoms with E-state index < -0.39 is 0 Å². The van der Waals surface area contributed by atoms with Gasteiger partial charge in [0, 0.05) is 50.5 Å². The first-order chi connectivity index (χ1) is 17.6. The lowest BCUT2D eigenvalue weighted by Gasteiger charge is -2.36. The number of hydrogen-bond donors (Lipinski definition) is 2. The third-order valence-corrected chi connectivity index (χ3v) is 8.17. The summed E-state index contributed by atoms with van der Waals surface area (Å²) < 4.78 is 16.7. The molecule has 2 heterocycles. The molecule has 2 N–H and O–H groups in total. The Balaban J connectivity index is 1.08. The molecule has 1 aromatic heterocycles. The van der Waals surface area contributed by atoms with Crippen LogP contribution in [-0.4, -0.2) is 28.9 Å². The van der Waals surface area contributed by atoms with Crippen LogP contribution in [0.3, 0.4) is 0 Å². The average Bonchev–Trinajstić information content (AvgIpc) is 3.81. The van der Waals surface area contributed by atoms with Gasteiger partial charge in [0.1, 0.15) is 5.82 Å². The van der Waals surface area contributed by atoms with Crippen molar-refractivity contribution in [2.24, 2.45) is 7.05 Å². The van der Waals surface area contributed by atoms with Gasteiger partial charge in [-0.1, -0.05) is 36.4 Å². The molecule has 3 fully saturated rings. The fourth-order valence-electron chi connectivity index (χ4n) is 5.93. The highest BCUT2D eigenvalue weighted by atomic mass is 19.1. The molecule has 36 heavy (non-hydrogen) atoms. The predicted octanol–water partition coefficient (Wildman–Crippen LogP) is 6.25. The molecule has 6 heteroatoms. The minimum Gasteiger partial charge on any atom is -0.369 e. The van der Waals surface area contributed by atoms with Crippen molar-refractivity contribution in [2.45, 2.75) is 75.9 Å². The van der Waals surface area contributed by atoms with Crippen molar-refractivity contribution < 1.29 is 4.39 Å². The van der Waals surface area contributed by atoms with E-state index in [1.165, 1.54) is 47.9 Å². The molecule has 0 radical (unpaired) electrons. The summed E-state index contributed by atoms with van der Waals surface area (Å²) in [4.78, 5) is 2.28. The van der Waals surface area contributed by atoms with Crippen molar-refractivity contribution in [1.29, 1.82) is 0 Å². The zero-order valence-electron chi connectivity index (χ0n) is 21.5. The van der Waals surface area contributed by atoms with E-state index in [2.05, 4.69) is 59.0 Å². The van der Waals surface area contributed by atoms with Crippen LogP contribution < -0.4 is 15.5 Å². The standard InChI is InChI=1S/C30H38FN5/c1-20(27-19-35(2)34-30(27)32-18-23-6-3-4-7-25(23)21-10-11-21)33-24-14-16-36(17-15-24)29-26(22-12-13-22)8-5-9-28(29)31/h3-9,19-22,24,33H,10-18H2,1-2H3,(H,32,34). The van der Waals surface area contributed by atoms with Gasteiger partial charge in [-0.3, -0.25) is 4.68 Å². The third kappa shape index (κ3) is 5.01. The largest absolute Gasteiger partial charge is 0.369 e. The highest BCUT2D eigenvalue weighted by molar-refractivity contribution is 5.58. The Morgan fingerprint density at radius 3 is 2.39 bits per heavy atom. The quantitative estimate of drug-likeness (QED) is 0.375. The van der Waals surface area contributed by atoms with Crippen LogP contribution in [0.5, 0.6) is 0 Å². The first kappa shape index (κ1) is 23.5. The zero-order chi connectivity index (χ0) is 24.6. The van der Waals surface area contributed by atoms with Gasteiger partial charge in [-0.25, -0.2) is 4.39 Å². The van der Waals surface area contributed by atoms with E-state index in [-0.39, 0.29) is 11.9 Å². The van der Waals surface area contributed by atoms with Crippen molar-refractivity contribution in [3.63, 3.8) is 0 Å². The number of aromatic nitrogens is 2. The van der Waals surface area contributed by atoms with E-state index in [0.717, 1.165) is 49.9 Å². The molecule has 6 rings (SSSR count). The Hall–Kier alpha value is -2.86. The maximum atomic E-state index is 14.8. The molecule has 3 aliphatic rings. The fraction of sp³-hybridized carbons (Fsp3) is 0.500. The van der Waals surface area contributed by atoms with Crippen molar-refractivity contribution in [3.8, 4) is 0 Å². The Kier molecular flexibility index (Phi) is 6.46. The lowest BCUT2D eigenvalue weighted by Crippen LogP contribution is -2.43. The van der Waals surface area contributed by atoms with Crippen molar-refractivity contribution in [3.05, 3.63) is 76.7 Å². The van der Waals surface area contributed by atoms with Gasteiger partial charge in [0.25, 0.3) is 0 Å². The van der Waals surface area contributed by atoms with Gasteiger partial charge in [-0.15, -0.1) is 0 Å². The molecule has 2 aromatic carbocycles. The van der Waals surface area contributed by atoms with Crippen molar-refractivity contribution in [1.82, 2.24) is 15.1 Å². The number of hydrogen-bond acceptors (Lipinski definition) is 4. The molecule has 1 saturated heterocycles. The van der Waals surface area contributed by atoms with Gasteiger partial charge in [-0.2, -0.15) is 5.10 Å². The first-order valence-corrected chi connectivity index (χ1v) is 13.7. The lowest BCUT2D eigenvalue weighted by molar-refractivity contribution is 0.379. The van der Waals surface area contributed by atoms with Gasteiger partial charge in [0.15, 0.2) is 5.82 Å². The summed E-state index contributed by atoms with van der Waals surface area (Å²) in [6.07, 6.45) is 9.17. The Labute approximate surface area is 214 Å². The molecule has 2 aliphatic carbocycles. The van der Waals surface area contributed by atoms with E-state index in [0.29, 0.717) is 12.0 Å². The minimum atomic E-state index is -0.0616. The van der Waals surface area contributed by atoms with Crippen LogP contribution in [0.4, 0.5) is 15.9 Å². The minimum absolute atomic E-state index is 0.0616. The molecular formula is C30H38FN5. The number of nitrogens with zero attached hydrogens (tertiary/aromatic N) is 3. The Morgan fingerprint density at radius 1 is 0.944 bits per heavy atom. The summed E-state index contributed by atoms with van der Waals surface area (Å²) in [7, 11) is 1.99. The number of para-hydroxylation sites is 1. The van der Waals surface area contributed by atoms with Crippen LogP contribution in [0, 0.1) is 5.82 Å². The number of anilines is 2. The summed E-state index contributed by atoms with van der Waals surface area (Å²) in [6.45, 7) is 4.81. The summed E-state index contributed by atoms with van der Waals surface area (Å²) in [5.41, 5.74) is 6.14. The molecule has 190 valence electrons. The van der Waals surface area contributed by atoms with E-state index >= 15 is 0 Å². The van der Waals surface area contributed by atoms with E-state index in [1.54, 1.807) is 6.07 Å². The zero-order valence-corrected chi connectivity index (χ0v) is 21.5. The Morgan fingerprint density at radius 2 is 1.64 bits per heavy atom. The molecule has 1 unspecified atom stereocenters. The number of nitrogens with one attached hydrogen (secondary N) is 2. The smallest absolute Gasteiger partial charge is 0.153 e. The Bertz CT molecular complexity index is 1200. The monoisotopic (exact) mass is 487 g/mol. The molecule has 0 amide bonds. The van der Waals surface area contributed by atoms with Crippen LogP contribution in [0.2, 0.25) is 0 Å². The molecule has 5 nitrogen and oxygen atoms in total. The highest BCUT2D eigenvalue weighted by Crippen LogP contribution is 2.45. The molecule has 0 bridgehead atoms. The van der Waals surface area contributed by atoms with Crippen LogP contribution in [-0.2, 0) is 13.6 Å². The number of benzene rings is 2. The van der Waals surface area contributed by atoms with E-state index in [4.69, 9.17) is 5.10 Å². The normalized spacial score (nSPS) is 19.5. The van der Waals surface area contributed by atoms with Gasteiger partial charge in [0.2, 0.25) is 0 Å². The first-order valence-electron chi connectivity index (χ1n) is 13.7. The second-order valence-corrected chi connectivity index (χ2v) is 11.0. The SMILES string of the molecule is CC(NC1CCN(c2c(F)cccc2C2CC2)CC1)c1cn(C)nc1NCc1ccccc1C1CC1. The maximum absolute atomic E-state index is 14.8. The summed E-state index contributed by atoms with van der Waals surface area (Å²) in [5, 5.41) is 12.2. The second kappa shape index (κ2) is 9.89. The van der Waals surface area contributed by atoms with Crippen molar-refractivity contribution >= 4 is 11.5 Å². The highest BCUT2D eigenvalue weighted by Gasteiger charge is 2.31. The fourth-order valence-corrected chi connectivity index (χ4v) is 5.93. The molecule has 0 spiro atoms. The topological polar surface area (TPSA) is 45.1 Å². The van der Waals surface area contributed by atoms with Crippen molar-refractivity contribution in [2.75, 3.05) is 23.3 Å². The van der Waals surface area contributed by atoms with Crippen LogP contribution in [0.1, 0.15) is 85.6 Å². The van der Waals surface area contributed by atoms with Gasteiger partial charge >= 0.3 is 0 Å². The molecular weight excluding hydrogens is 449 g/mol. The third-order valence-electron chi connectivity index (χ3n) is 8.17. The number of aryl methyl sites for hydroxylation is 1. The molecule has 2 saturated carbocycles. The van der Waals surface area contributed by atoms with Crippen LogP contribution in [0.25, 0.3) is 0 Å². The maximum Gasteiger partial charge on any atom is 0.153 e. The number of rotatable bonds is 9. The molecule has 1 aliphatic heterocycles. The number of halogens is 1. The lowest BCUT2D eigenvalue weighted by atomic mass is 9.99. The van der Waals surface area contributed by atoms with Gasteiger partial charge in [-0.05, 0) is 80.0 Å².